The van der Waals surface area contributed by atoms with Crippen LogP contribution in [0.4, 0.5) is 0 Å². The van der Waals surface area contributed by atoms with Crippen LogP contribution in [0.5, 0.6) is 11.5 Å². The van der Waals surface area contributed by atoms with Gasteiger partial charge in [-0.05, 0) is 51.6 Å². The van der Waals surface area contributed by atoms with Gasteiger partial charge in [-0.25, -0.2) is 4.98 Å². The maximum atomic E-state index is 12.8. The van der Waals surface area contributed by atoms with E-state index in [1.54, 1.807) is 0 Å². The summed E-state index contributed by atoms with van der Waals surface area (Å²) < 4.78 is 16.7. The van der Waals surface area contributed by atoms with Crippen molar-refractivity contribution in [1.82, 2.24) is 15.2 Å². The summed E-state index contributed by atoms with van der Waals surface area (Å²) in [5, 5.41) is 3.13. The van der Waals surface area contributed by atoms with Crippen LogP contribution in [-0.2, 0) is 0 Å². The van der Waals surface area contributed by atoms with Crippen molar-refractivity contribution in [2.75, 3.05) is 27.3 Å². The van der Waals surface area contributed by atoms with E-state index in [1.807, 2.05) is 32.3 Å². The fourth-order valence-corrected chi connectivity index (χ4v) is 3.76. The quantitative estimate of drug-likeness (QED) is 0.905. The van der Waals surface area contributed by atoms with E-state index in [-0.39, 0.29) is 11.9 Å². The lowest BCUT2D eigenvalue weighted by Gasteiger charge is -2.26. The standard InChI is InChI=1S/C19H23N3O4/c1-22(2)14-5-3-4-13(14)21-19(23)17-18(26-11-20-17)12-6-7-15-16(10-12)25-9-8-24-15/h6-7,10-11,13-14H,3-5,8-9H2,1-2H3,(H,21,23)/t13-,14-/m1/s1. The van der Waals surface area contributed by atoms with E-state index >= 15 is 0 Å². The van der Waals surface area contributed by atoms with Crippen molar-refractivity contribution in [1.29, 1.82) is 0 Å². The Kier molecular flexibility index (Phi) is 4.55. The predicted molar refractivity (Wildman–Crippen MR) is 95.5 cm³/mol. The summed E-state index contributed by atoms with van der Waals surface area (Å²) in [6.07, 6.45) is 4.48. The van der Waals surface area contributed by atoms with Crippen LogP contribution in [0, 0.1) is 0 Å². The molecule has 26 heavy (non-hydrogen) atoms. The van der Waals surface area contributed by atoms with Crippen LogP contribution in [0.25, 0.3) is 11.3 Å². The summed E-state index contributed by atoms with van der Waals surface area (Å²) in [5.41, 5.74) is 1.04. The van der Waals surface area contributed by atoms with Gasteiger partial charge in [0.15, 0.2) is 29.3 Å². The van der Waals surface area contributed by atoms with Crippen molar-refractivity contribution < 1.29 is 18.7 Å². The fourth-order valence-electron chi connectivity index (χ4n) is 3.76. The van der Waals surface area contributed by atoms with Crippen LogP contribution >= 0.6 is 0 Å². The lowest BCUT2D eigenvalue weighted by molar-refractivity contribution is 0.0915. The zero-order valence-electron chi connectivity index (χ0n) is 15.0. The Morgan fingerprint density at radius 3 is 2.81 bits per heavy atom. The second-order valence-electron chi connectivity index (χ2n) is 6.93. The number of hydrogen-bond donors (Lipinski definition) is 1. The third-order valence-electron chi connectivity index (χ3n) is 5.05. The van der Waals surface area contributed by atoms with E-state index in [9.17, 15) is 4.79 Å². The molecule has 138 valence electrons. The monoisotopic (exact) mass is 357 g/mol. The molecule has 1 aliphatic carbocycles. The molecular formula is C19H23N3O4. The average Bonchev–Trinajstić information content (AvgIpc) is 3.30. The third kappa shape index (κ3) is 3.14. The maximum absolute atomic E-state index is 12.8. The Labute approximate surface area is 152 Å². The minimum absolute atomic E-state index is 0.127. The van der Waals surface area contributed by atoms with Gasteiger partial charge in [-0.1, -0.05) is 0 Å². The summed E-state index contributed by atoms with van der Waals surface area (Å²) in [6, 6.07) is 5.98. The van der Waals surface area contributed by atoms with E-state index in [2.05, 4.69) is 15.2 Å². The number of nitrogens with one attached hydrogen (secondary N) is 1. The number of amides is 1. The molecule has 7 nitrogen and oxygen atoms in total. The summed E-state index contributed by atoms with van der Waals surface area (Å²) in [5.74, 6) is 1.59. The molecule has 2 aromatic rings. The molecular weight excluding hydrogens is 334 g/mol. The van der Waals surface area contributed by atoms with Gasteiger partial charge < -0.3 is 24.1 Å². The maximum Gasteiger partial charge on any atom is 0.274 e. The van der Waals surface area contributed by atoms with Gasteiger partial charge in [0.2, 0.25) is 0 Å². The lowest BCUT2D eigenvalue weighted by atomic mass is 10.1. The van der Waals surface area contributed by atoms with Crippen molar-refractivity contribution in [3.8, 4) is 22.8 Å². The molecule has 1 aliphatic heterocycles. The Bertz CT molecular complexity index is 802. The van der Waals surface area contributed by atoms with Gasteiger partial charge in [0.25, 0.3) is 5.91 Å². The number of ether oxygens (including phenoxy) is 2. The lowest BCUT2D eigenvalue weighted by Crippen LogP contribution is -2.46. The van der Waals surface area contributed by atoms with Crippen molar-refractivity contribution in [3.05, 3.63) is 30.3 Å². The first-order valence-electron chi connectivity index (χ1n) is 8.94. The molecule has 0 unspecified atom stereocenters. The van der Waals surface area contributed by atoms with E-state index in [1.165, 1.54) is 6.39 Å². The molecule has 1 fully saturated rings. The fraction of sp³-hybridized carbons (Fsp3) is 0.474. The number of carbonyl (C=O) groups excluding carboxylic acids is 1. The number of likely N-dealkylation sites (N-methyl/N-ethyl adjacent to an activating group) is 1. The first-order chi connectivity index (χ1) is 12.6. The summed E-state index contributed by atoms with van der Waals surface area (Å²) in [7, 11) is 4.09. The number of rotatable bonds is 4. The van der Waals surface area contributed by atoms with Crippen LogP contribution < -0.4 is 14.8 Å². The van der Waals surface area contributed by atoms with Crippen LogP contribution in [0.3, 0.4) is 0 Å². The highest BCUT2D eigenvalue weighted by atomic mass is 16.6. The third-order valence-corrected chi connectivity index (χ3v) is 5.05. The summed E-state index contributed by atoms with van der Waals surface area (Å²) in [6.45, 7) is 1.05. The van der Waals surface area contributed by atoms with Gasteiger partial charge in [-0.3, -0.25) is 4.79 Å². The molecule has 2 atom stereocenters. The Hall–Kier alpha value is -2.54. The van der Waals surface area contributed by atoms with Gasteiger partial charge in [0.1, 0.15) is 13.2 Å². The van der Waals surface area contributed by atoms with Gasteiger partial charge >= 0.3 is 0 Å². The highest BCUT2D eigenvalue weighted by Gasteiger charge is 2.31. The smallest absolute Gasteiger partial charge is 0.274 e. The molecule has 1 N–H and O–H groups in total. The summed E-state index contributed by atoms with van der Waals surface area (Å²) >= 11 is 0. The van der Waals surface area contributed by atoms with E-state index in [0.29, 0.717) is 42.2 Å². The zero-order valence-corrected chi connectivity index (χ0v) is 15.0. The Morgan fingerprint density at radius 1 is 1.19 bits per heavy atom. The number of hydrogen-bond acceptors (Lipinski definition) is 6. The first kappa shape index (κ1) is 16.9. The number of carbonyl (C=O) groups is 1. The largest absolute Gasteiger partial charge is 0.486 e. The molecule has 4 rings (SSSR count). The normalized spacial score (nSPS) is 21.8. The van der Waals surface area contributed by atoms with Gasteiger partial charge in [0.05, 0.1) is 0 Å². The molecule has 2 aliphatic rings. The predicted octanol–water partition coefficient (Wildman–Crippen LogP) is 2.33. The van der Waals surface area contributed by atoms with E-state index in [4.69, 9.17) is 13.9 Å². The van der Waals surface area contributed by atoms with E-state index < -0.39 is 0 Å². The molecule has 0 radical (unpaired) electrons. The number of oxazole rings is 1. The van der Waals surface area contributed by atoms with Crippen LogP contribution in [-0.4, -0.2) is 55.2 Å². The molecule has 0 bridgehead atoms. The van der Waals surface area contributed by atoms with Crippen LogP contribution in [0.15, 0.2) is 29.0 Å². The van der Waals surface area contributed by atoms with Crippen LogP contribution in [0.1, 0.15) is 29.8 Å². The second kappa shape index (κ2) is 6.99. The Balaban J connectivity index is 1.56. The van der Waals surface area contributed by atoms with Crippen molar-refractivity contribution in [2.45, 2.75) is 31.3 Å². The number of benzene rings is 1. The molecule has 1 saturated carbocycles. The molecule has 7 heteroatoms. The average molecular weight is 357 g/mol. The van der Waals surface area contributed by atoms with Gasteiger partial charge in [-0.15, -0.1) is 0 Å². The molecule has 2 heterocycles. The number of fused-ring (bicyclic) bond motifs is 1. The van der Waals surface area contributed by atoms with Crippen molar-refractivity contribution >= 4 is 5.91 Å². The number of nitrogens with zero attached hydrogens (tertiary/aromatic N) is 2. The van der Waals surface area contributed by atoms with Crippen LogP contribution in [0.2, 0.25) is 0 Å². The van der Waals surface area contributed by atoms with E-state index in [0.717, 1.165) is 24.8 Å². The first-order valence-corrected chi connectivity index (χ1v) is 8.94. The minimum Gasteiger partial charge on any atom is -0.486 e. The van der Waals surface area contributed by atoms with Gasteiger partial charge in [-0.2, -0.15) is 0 Å². The highest BCUT2D eigenvalue weighted by Crippen LogP contribution is 2.35. The highest BCUT2D eigenvalue weighted by molar-refractivity contribution is 5.98. The topological polar surface area (TPSA) is 76.8 Å². The second-order valence-corrected chi connectivity index (χ2v) is 6.93. The molecule has 1 aromatic heterocycles. The minimum atomic E-state index is -0.206. The summed E-state index contributed by atoms with van der Waals surface area (Å²) in [4.78, 5) is 19.1. The molecule has 1 aromatic carbocycles. The Morgan fingerprint density at radius 2 is 2.00 bits per heavy atom. The van der Waals surface area contributed by atoms with Gasteiger partial charge in [0, 0.05) is 17.6 Å². The molecule has 0 spiro atoms. The number of aromatic nitrogens is 1. The van der Waals surface area contributed by atoms with Crippen molar-refractivity contribution in [2.24, 2.45) is 0 Å². The molecule has 0 saturated heterocycles. The SMILES string of the molecule is CN(C)[C@@H]1CCC[C@H]1NC(=O)c1ncoc1-c1ccc2c(c1)OCCO2. The molecule has 1 amide bonds. The van der Waals surface area contributed by atoms with Crippen molar-refractivity contribution in [3.63, 3.8) is 0 Å². The zero-order chi connectivity index (χ0) is 18.1.